The molecule has 0 aliphatic rings. The molecule has 8 nitrogen and oxygen atoms in total. The Bertz CT molecular complexity index is 1380. The highest BCUT2D eigenvalue weighted by Crippen LogP contribution is 2.28. The Labute approximate surface area is 177 Å². The molecule has 0 atom stereocenters. The number of para-hydroxylation sites is 1. The summed E-state index contributed by atoms with van der Waals surface area (Å²) in [6, 6.07) is 18.0. The van der Waals surface area contributed by atoms with E-state index in [-0.39, 0.29) is 16.9 Å². The zero-order chi connectivity index (χ0) is 22.1. The van der Waals surface area contributed by atoms with Gasteiger partial charge >= 0.3 is 5.97 Å². The molecule has 0 saturated carbocycles. The number of hydrogen-bond acceptors (Lipinski definition) is 6. The van der Waals surface area contributed by atoms with Gasteiger partial charge in [0.05, 0.1) is 35.1 Å². The molecule has 152 valence electrons. The number of carbonyl (C=O) groups excluding carboxylic acids is 2. The van der Waals surface area contributed by atoms with E-state index in [1.165, 1.54) is 17.9 Å². The lowest BCUT2D eigenvalue weighted by molar-refractivity contribution is 0.0593. The summed E-state index contributed by atoms with van der Waals surface area (Å²) >= 11 is 0. The van der Waals surface area contributed by atoms with Gasteiger partial charge in [0.2, 0.25) is 5.91 Å². The van der Waals surface area contributed by atoms with Crippen LogP contribution in [0.15, 0.2) is 60.8 Å². The lowest BCUT2D eigenvalue weighted by Gasteiger charge is -2.11. The molecule has 8 heteroatoms. The molecule has 4 rings (SSSR count). The van der Waals surface area contributed by atoms with Gasteiger partial charge < -0.3 is 20.8 Å². The maximum absolute atomic E-state index is 12.2. The number of fused-ring (bicyclic) bond motifs is 1. The molecule has 0 unspecified atom stereocenters. The summed E-state index contributed by atoms with van der Waals surface area (Å²) in [5.74, 6) is -1.18. The summed E-state index contributed by atoms with van der Waals surface area (Å²) in [6.07, 6.45) is 1.48. The molecule has 2 aromatic carbocycles. The molecule has 1 amide bonds. The third kappa shape index (κ3) is 3.34. The van der Waals surface area contributed by atoms with Crippen LogP contribution in [0.1, 0.15) is 26.4 Å². The van der Waals surface area contributed by atoms with Crippen LogP contribution in [0.4, 0.5) is 5.69 Å². The Kier molecular flexibility index (Phi) is 4.85. The number of benzene rings is 2. The third-order valence-corrected chi connectivity index (χ3v) is 4.97. The number of primary amides is 1. The van der Waals surface area contributed by atoms with Crippen molar-refractivity contribution in [2.75, 3.05) is 12.8 Å². The maximum atomic E-state index is 12.2. The predicted molar refractivity (Wildman–Crippen MR) is 115 cm³/mol. The Balaban J connectivity index is 1.81. The number of anilines is 1. The van der Waals surface area contributed by atoms with Gasteiger partial charge in [-0.1, -0.05) is 30.3 Å². The molecule has 4 N–H and O–H groups in total. The van der Waals surface area contributed by atoms with Crippen LogP contribution < -0.4 is 11.5 Å². The lowest BCUT2D eigenvalue weighted by Crippen LogP contribution is -2.12. The van der Waals surface area contributed by atoms with Crippen molar-refractivity contribution in [3.8, 4) is 23.0 Å². The van der Waals surface area contributed by atoms with Crippen molar-refractivity contribution in [3.63, 3.8) is 0 Å². The summed E-state index contributed by atoms with van der Waals surface area (Å²) < 4.78 is 6.31. The number of pyridine rings is 1. The van der Waals surface area contributed by atoms with E-state index in [2.05, 4.69) is 4.98 Å². The maximum Gasteiger partial charge on any atom is 0.357 e. The summed E-state index contributed by atoms with van der Waals surface area (Å²) in [7, 11) is 1.25. The van der Waals surface area contributed by atoms with Crippen molar-refractivity contribution in [2.24, 2.45) is 5.73 Å². The fraction of sp³-hybridized carbons (Fsp3) is 0.0435. The number of esters is 1. The number of aromatic nitrogens is 2. The van der Waals surface area contributed by atoms with Crippen molar-refractivity contribution in [1.82, 2.24) is 9.55 Å². The SMILES string of the molecule is COC(=O)c1c(N)c(C#N)cn1-c1ccc(-c2cc(C(N)=O)c3ccccc3n2)cc1. The van der Waals surface area contributed by atoms with Gasteiger partial charge in [-0.3, -0.25) is 4.79 Å². The Morgan fingerprint density at radius 2 is 1.84 bits per heavy atom. The first-order valence-electron chi connectivity index (χ1n) is 9.24. The normalized spacial score (nSPS) is 10.6. The predicted octanol–water partition coefficient (Wildman–Crippen LogP) is 3.03. The first-order chi connectivity index (χ1) is 14.9. The zero-order valence-electron chi connectivity index (χ0n) is 16.5. The quantitative estimate of drug-likeness (QED) is 0.495. The smallest absolute Gasteiger partial charge is 0.357 e. The van der Waals surface area contributed by atoms with Gasteiger partial charge in [0.15, 0.2) is 5.69 Å². The fourth-order valence-electron chi connectivity index (χ4n) is 3.44. The molecular weight excluding hydrogens is 394 g/mol. The van der Waals surface area contributed by atoms with Crippen LogP contribution in [0.3, 0.4) is 0 Å². The second-order valence-electron chi connectivity index (χ2n) is 6.76. The standard InChI is InChI=1S/C23H17N5O3/c1-31-23(30)21-20(25)14(11-24)12-28(21)15-8-6-13(7-9-15)19-10-17(22(26)29)16-4-2-3-5-18(16)27-19/h2-10,12H,25H2,1H3,(H2,26,29). The molecule has 0 radical (unpaired) electrons. The van der Waals surface area contributed by atoms with Gasteiger partial charge in [0.25, 0.3) is 0 Å². The first kappa shape index (κ1) is 19.7. The molecule has 31 heavy (non-hydrogen) atoms. The number of ether oxygens (including phenoxy) is 1. The number of rotatable bonds is 4. The van der Waals surface area contributed by atoms with Gasteiger partial charge in [-0.2, -0.15) is 5.26 Å². The Morgan fingerprint density at radius 1 is 1.13 bits per heavy atom. The van der Waals surface area contributed by atoms with E-state index in [4.69, 9.17) is 16.2 Å². The van der Waals surface area contributed by atoms with Gasteiger partial charge in [0.1, 0.15) is 6.07 Å². The van der Waals surface area contributed by atoms with Crippen LogP contribution in [0.25, 0.3) is 27.8 Å². The van der Waals surface area contributed by atoms with E-state index in [0.29, 0.717) is 27.8 Å². The van der Waals surface area contributed by atoms with Crippen LogP contribution in [0.2, 0.25) is 0 Å². The van der Waals surface area contributed by atoms with E-state index in [9.17, 15) is 14.9 Å². The van der Waals surface area contributed by atoms with Crippen molar-refractivity contribution in [2.45, 2.75) is 0 Å². The van der Waals surface area contributed by atoms with E-state index >= 15 is 0 Å². The van der Waals surface area contributed by atoms with Crippen LogP contribution in [-0.4, -0.2) is 28.5 Å². The fourth-order valence-corrected chi connectivity index (χ4v) is 3.44. The number of nitrogens with zero attached hydrogens (tertiary/aromatic N) is 3. The van der Waals surface area contributed by atoms with Crippen LogP contribution in [-0.2, 0) is 4.74 Å². The monoisotopic (exact) mass is 411 g/mol. The number of carbonyl (C=O) groups is 2. The molecule has 0 aliphatic heterocycles. The van der Waals surface area contributed by atoms with Crippen molar-refractivity contribution >= 4 is 28.5 Å². The third-order valence-electron chi connectivity index (χ3n) is 4.97. The summed E-state index contributed by atoms with van der Waals surface area (Å²) in [4.78, 5) is 28.8. The van der Waals surface area contributed by atoms with Crippen LogP contribution >= 0.6 is 0 Å². The molecular formula is C23H17N5O3. The van der Waals surface area contributed by atoms with Gasteiger partial charge in [-0.15, -0.1) is 0 Å². The van der Waals surface area contributed by atoms with E-state index in [1.54, 1.807) is 36.4 Å². The Hall–Kier alpha value is -4.64. The van der Waals surface area contributed by atoms with Crippen molar-refractivity contribution in [3.05, 3.63) is 77.6 Å². The number of nitrogen functional groups attached to an aromatic ring is 1. The highest BCUT2D eigenvalue weighted by atomic mass is 16.5. The molecule has 0 aliphatic carbocycles. The van der Waals surface area contributed by atoms with Crippen LogP contribution in [0, 0.1) is 11.3 Å². The second-order valence-corrected chi connectivity index (χ2v) is 6.76. The highest BCUT2D eigenvalue weighted by Gasteiger charge is 2.21. The average molecular weight is 411 g/mol. The minimum Gasteiger partial charge on any atom is -0.464 e. The van der Waals surface area contributed by atoms with E-state index in [0.717, 1.165) is 5.56 Å². The minimum atomic E-state index is -0.648. The van der Waals surface area contributed by atoms with Gasteiger partial charge in [-0.05, 0) is 24.3 Å². The Morgan fingerprint density at radius 3 is 2.48 bits per heavy atom. The van der Waals surface area contributed by atoms with Gasteiger partial charge in [0, 0.05) is 22.8 Å². The number of methoxy groups -OCH3 is 1. The minimum absolute atomic E-state index is 0.0562. The topological polar surface area (TPSA) is 137 Å². The molecule has 0 fully saturated rings. The van der Waals surface area contributed by atoms with Crippen molar-refractivity contribution < 1.29 is 14.3 Å². The molecule has 4 aromatic rings. The number of nitriles is 1. The largest absolute Gasteiger partial charge is 0.464 e. The molecule has 2 aromatic heterocycles. The second kappa shape index (κ2) is 7.65. The molecule has 0 saturated heterocycles. The van der Waals surface area contributed by atoms with E-state index in [1.807, 2.05) is 24.3 Å². The zero-order valence-corrected chi connectivity index (χ0v) is 16.5. The van der Waals surface area contributed by atoms with Crippen LogP contribution in [0.5, 0.6) is 0 Å². The van der Waals surface area contributed by atoms with Gasteiger partial charge in [-0.25, -0.2) is 9.78 Å². The number of hydrogen-bond donors (Lipinski definition) is 2. The molecule has 2 heterocycles. The molecule has 0 bridgehead atoms. The lowest BCUT2D eigenvalue weighted by atomic mass is 10.0. The first-order valence-corrected chi connectivity index (χ1v) is 9.24. The van der Waals surface area contributed by atoms with Crippen molar-refractivity contribution in [1.29, 1.82) is 5.26 Å². The number of nitrogens with two attached hydrogens (primary N) is 2. The van der Waals surface area contributed by atoms with E-state index < -0.39 is 11.9 Å². The summed E-state index contributed by atoms with van der Waals surface area (Å²) in [6.45, 7) is 0. The average Bonchev–Trinajstić information content (AvgIpc) is 3.14. The number of amides is 1. The molecule has 0 spiro atoms. The summed E-state index contributed by atoms with van der Waals surface area (Å²) in [5.41, 5.74) is 14.8. The summed E-state index contributed by atoms with van der Waals surface area (Å²) in [5, 5.41) is 9.95. The highest BCUT2D eigenvalue weighted by molar-refractivity contribution is 6.06.